The molecule has 3 atom stereocenters. The lowest BCUT2D eigenvalue weighted by Crippen LogP contribution is -2.54. The Morgan fingerprint density at radius 2 is 1.78 bits per heavy atom. The number of nitrogens with one attached hydrogen (secondary N) is 2. The van der Waals surface area contributed by atoms with E-state index >= 15 is 0 Å². The number of carbonyl (C=O) groups is 3. The molecule has 2 aromatic carbocycles. The monoisotopic (exact) mass is 522 g/mol. The highest BCUT2D eigenvalue weighted by Crippen LogP contribution is 2.56. The quantitative estimate of drug-likeness (QED) is 0.518. The highest BCUT2D eigenvalue weighted by Gasteiger charge is 2.57. The van der Waals surface area contributed by atoms with Gasteiger partial charge < -0.3 is 20.3 Å². The number of hydrogen-bond donors (Lipinski definition) is 2. The summed E-state index contributed by atoms with van der Waals surface area (Å²) < 4.78 is 4.87. The molecule has 0 aliphatic carbocycles. The van der Waals surface area contributed by atoms with Crippen LogP contribution in [0.2, 0.25) is 0 Å². The van der Waals surface area contributed by atoms with Gasteiger partial charge in [-0.05, 0) is 44.0 Å². The first-order chi connectivity index (χ1) is 17.9. The first kappa shape index (κ1) is 25.8. The molecule has 3 aliphatic heterocycles. The van der Waals surface area contributed by atoms with Crippen LogP contribution in [0.1, 0.15) is 53.2 Å². The minimum Gasteiger partial charge on any atom is -0.379 e. The van der Waals surface area contributed by atoms with Crippen LogP contribution in [0.5, 0.6) is 0 Å². The number of carbonyl (C=O) groups excluding carboxylic acids is 3. The van der Waals surface area contributed by atoms with Gasteiger partial charge in [0.15, 0.2) is 0 Å². The van der Waals surface area contributed by atoms with Crippen LogP contribution in [0.25, 0.3) is 0 Å². The van der Waals surface area contributed by atoms with Gasteiger partial charge in [-0.25, -0.2) is 0 Å². The molecule has 0 spiro atoms. The van der Waals surface area contributed by atoms with Crippen LogP contribution in [0.3, 0.4) is 0 Å². The fraction of sp³-hybridized carbons (Fsp3) is 0.464. The molecule has 0 radical (unpaired) electrons. The van der Waals surface area contributed by atoms with Gasteiger partial charge in [-0.2, -0.15) is 0 Å². The summed E-state index contributed by atoms with van der Waals surface area (Å²) in [5.74, 6) is -0.710. The van der Waals surface area contributed by atoms with E-state index in [1.807, 2.05) is 68.4 Å². The van der Waals surface area contributed by atoms with Gasteiger partial charge in [-0.3, -0.25) is 19.3 Å². The van der Waals surface area contributed by atoms with Crippen molar-refractivity contribution in [2.75, 3.05) is 39.4 Å². The van der Waals surface area contributed by atoms with Crippen molar-refractivity contribution in [1.29, 1.82) is 0 Å². The van der Waals surface area contributed by atoms with Crippen LogP contribution in [0, 0.1) is 0 Å². The van der Waals surface area contributed by atoms with Gasteiger partial charge in [0.05, 0.1) is 13.2 Å². The van der Waals surface area contributed by atoms with Crippen molar-refractivity contribution in [1.82, 2.24) is 20.4 Å². The third kappa shape index (κ3) is 5.26. The number of amides is 3. The van der Waals surface area contributed by atoms with Crippen LogP contribution in [0.4, 0.5) is 0 Å². The zero-order valence-electron chi connectivity index (χ0n) is 21.3. The van der Waals surface area contributed by atoms with Crippen molar-refractivity contribution in [3.8, 4) is 0 Å². The van der Waals surface area contributed by atoms with Gasteiger partial charge in [0.1, 0.15) is 17.5 Å². The van der Waals surface area contributed by atoms with E-state index in [0.29, 0.717) is 17.7 Å². The van der Waals surface area contributed by atoms with Crippen molar-refractivity contribution in [2.45, 2.75) is 42.5 Å². The predicted molar refractivity (Wildman–Crippen MR) is 143 cm³/mol. The summed E-state index contributed by atoms with van der Waals surface area (Å²) in [5.41, 5.74) is 2.29. The number of nitrogens with zero attached hydrogens (tertiary/aromatic N) is 2. The normalized spacial score (nSPS) is 23.3. The van der Waals surface area contributed by atoms with E-state index in [9.17, 15) is 14.4 Å². The molecule has 0 aromatic heterocycles. The Morgan fingerprint density at radius 1 is 1.08 bits per heavy atom. The fourth-order valence-electron chi connectivity index (χ4n) is 5.41. The maximum absolute atomic E-state index is 13.8. The van der Waals surface area contributed by atoms with Gasteiger partial charge in [0.2, 0.25) is 11.8 Å². The molecule has 0 bridgehead atoms. The van der Waals surface area contributed by atoms with Crippen molar-refractivity contribution in [3.63, 3.8) is 0 Å². The van der Waals surface area contributed by atoms with E-state index in [0.717, 1.165) is 44.8 Å². The van der Waals surface area contributed by atoms with Gasteiger partial charge in [-0.15, -0.1) is 11.8 Å². The number of thioether (sulfide) groups is 1. The predicted octanol–water partition coefficient (Wildman–Crippen LogP) is 2.73. The maximum atomic E-state index is 13.8. The minimum absolute atomic E-state index is 0.136. The average Bonchev–Trinajstić information content (AvgIpc) is 3.34. The molecular weight excluding hydrogens is 488 g/mol. The van der Waals surface area contributed by atoms with Gasteiger partial charge in [0, 0.05) is 29.9 Å². The topological polar surface area (TPSA) is 91.0 Å². The number of benzene rings is 2. The molecule has 8 nitrogen and oxygen atoms in total. The van der Waals surface area contributed by atoms with E-state index in [4.69, 9.17) is 4.74 Å². The van der Waals surface area contributed by atoms with Crippen molar-refractivity contribution < 1.29 is 19.1 Å². The molecule has 2 fully saturated rings. The van der Waals surface area contributed by atoms with Crippen LogP contribution >= 0.6 is 11.8 Å². The lowest BCUT2D eigenvalue weighted by molar-refractivity contribution is -0.132. The molecule has 196 valence electrons. The summed E-state index contributed by atoms with van der Waals surface area (Å²) in [4.78, 5) is 44.5. The molecule has 2 aromatic rings. The summed E-state index contributed by atoms with van der Waals surface area (Å²) in [6.07, 6.45) is 0.815. The number of hydrogen-bond acceptors (Lipinski definition) is 6. The van der Waals surface area contributed by atoms with E-state index in [-0.39, 0.29) is 23.1 Å². The molecule has 2 N–H and O–H groups in total. The molecule has 1 unspecified atom stereocenters. The Bertz CT molecular complexity index is 1150. The van der Waals surface area contributed by atoms with E-state index in [1.54, 1.807) is 16.7 Å². The third-order valence-electron chi connectivity index (χ3n) is 7.28. The fourth-order valence-corrected chi connectivity index (χ4v) is 7.00. The lowest BCUT2D eigenvalue weighted by atomic mass is 9.99. The smallest absolute Gasteiger partial charge is 0.256 e. The zero-order chi connectivity index (χ0) is 26.0. The molecule has 2 saturated heterocycles. The number of morpholine rings is 1. The second-order valence-corrected chi connectivity index (χ2v) is 12.0. The second kappa shape index (κ2) is 10.8. The Morgan fingerprint density at radius 3 is 2.54 bits per heavy atom. The largest absolute Gasteiger partial charge is 0.379 e. The van der Waals surface area contributed by atoms with Crippen LogP contribution in [0.15, 0.2) is 54.6 Å². The summed E-state index contributed by atoms with van der Waals surface area (Å²) in [7, 11) is 0. The van der Waals surface area contributed by atoms with Crippen LogP contribution in [-0.4, -0.2) is 77.7 Å². The standard InChI is InChI=1S/C28H34N4O4S/c1-28(2)23(32-26(35)20-11-6-7-12-21(20)27(32)37-28)25(34)30-22(19-9-4-3-5-10-19)24(33)29-13-8-14-31-15-17-36-18-16-31/h3-7,9-12,22-23,27H,8,13-18H2,1-2H3,(H,29,33)(H,30,34)/t22-,23+,27?/m0/s1. The third-order valence-corrected chi connectivity index (χ3v) is 8.82. The maximum Gasteiger partial charge on any atom is 0.256 e. The van der Waals surface area contributed by atoms with E-state index < -0.39 is 16.8 Å². The van der Waals surface area contributed by atoms with Gasteiger partial charge in [0.25, 0.3) is 5.91 Å². The van der Waals surface area contributed by atoms with E-state index in [2.05, 4.69) is 15.5 Å². The van der Waals surface area contributed by atoms with Gasteiger partial charge >= 0.3 is 0 Å². The molecule has 9 heteroatoms. The molecule has 5 rings (SSSR count). The zero-order valence-corrected chi connectivity index (χ0v) is 22.1. The number of ether oxygens (including phenoxy) is 1. The molecule has 3 amide bonds. The first-order valence-electron chi connectivity index (χ1n) is 12.9. The summed E-state index contributed by atoms with van der Waals surface area (Å²) in [6, 6.07) is 15.2. The van der Waals surface area contributed by atoms with Crippen molar-refractivity contribution in [3.05, 3.63) is 71.3 Å². The molecule has 37 heavy (non-hydrogen) atoms. The highest BCUT2D eigenvalue weighted by atomic mass is 32.2. The number of rotatable bonds is 8. The van der Waals surface area contributed by atoms with Crippen LogP contribution < -0.4 is 10.6 Å². The Labute approximate surface area is 222 Å². The average molecular weight is 523 g/mol. The SMILES string of the molecule is CC1(C)SC2c3ccccc3C(=O)N2[C@@H]1C(=O)N[C@H](C(=O)NCCCN1CCOCC1)c1ccccc1. The molecule has 3 heterocycles. The van der Waals surface area contributed by atoms with E-state index in [1.165, 1.54) is 0 Å². The molecular formula is C28H34N4O4S. The molecule has 3 aliphatic rings. The van der Waals surface area contributed by atoms with Crippen LogP contribution in [-0.2, 0) is 14.3 Å². The minimum atomic E-state index is -0.850. The summed E-state index contributed by atoms with van der Waals surface area (Å²) >= 11 is 1.61. The Kier molecular flexibility index (Phi) is 7.55. The van der Waals surface area contributed by atoms with Crippen molar-refractivity contribution in [2.24, 2.45) is 0 Å². The summed E-state index contributed by atoms with van der Waals surface area (Å²) in [6.45, 7) is 8.68. The first-order valence-corrected chi connectivity index (χ1v) is 13.8. The lowest BCUT2D eigenvalue weighted by Gasteiger charge is -2.31. The number of fused-ring (bicyclic) bond motifs is 3. The molecule has 0 saturated carbocycles. The van der Waals surface area contributed by atoms with Crippen molar-refractivity contribution >= 4 is 29.5 Å². The highest BCUT2D eigenvalue weighted by molar-refractivity contribution is 8.01. The Hall–Kier alpha value is -2.88. The Balaban J connectivity index is 1.29. The second-order valence-electron chi connectivity index (χ2n) is 10.2. The van der Waals surface area contributed by atoms with Gasteiger partial charge in [-0.1, -0.05) is 48.5 Å². The summed E-state index contributed by atoms with van der Waals surface area (Å²) in [5, 5.41) is 5.80.